The topological polar surface area (TPSA) is 118 Å². The van der Waals surface area contributed by atoms with Gasteiger partial charge in [-0.3, -0.25) is 4.98 Å². The summed E-state index contributed by atoms with van der Waals surface area (Å²) in [5.74, 6) is 0.993. The minimum atomic E-state index is -0.474. The minimum absolute atomic E-state index is 0.106. The van der Waals surface area contributed by atoms with E-state index < -0.39 is 6.09 Å². The molecule has 50 heavy (non-hydrogen) atoms. The molecule has 3 N–H and O–H groups in total. The van der Waals surface area contributed by atoms with Crippen LogP contribution in [-0.2, 0) is 29.0 Å². The zero-order valence-corrected chi connectivity index (χ0v) is 31.9. The fourth-order valence-corrected chi connectivity index (χ4v) is 8.47. The molecule has 5 rings (SSSR count). The fourth-order valence-electron chi connectivity index (χ4n) is 7.14. The first-order valence-corrected chi connectivity index (χ1v) is 19.7. The quantitative estimate of drug-likeness (QED) is 0.148. The lowest BCUT2D eigenvalue weighted by Gasteiger charge is -2.43. The second-order valence-corrected chi connectivity index (χ2v) is 16.2. The Balaban J connectivity index is 1.31. The molecule has 1 saturated carbocycles. The van der Waals surface area contributed by atoms with Gasteiger partial charge in [0.25, 0.3) is 0 Å². The summed E-state index contributed by atoms with van der Waals surface area (Å²) in [7, 11) is 3.56. The van der Waals surface area contributed by atoms with Gasteiger partial charge in [0.15, 0.2) is 0 Å². The van der Waals surface area contributed by atoms with Crippen LogP contribution in [0.2, 0.25) is 0 Å². The highest BCUT2D eigenvalue weighted by Gasteiger charge is 2.37. The molecule has 2 aliphatic rings. The van der Waals surface area contributed by atoms with Crippen LogP contribution in [0.25, 0.3) is 0 Å². The zero-order chi connectivity index (χ0) is 35.6. The Kier molecular flexibility index (Phi) is 13.7. The fraction of sp³-hybridized carbons (Fsp3) is 0.579. The van der Waals surface area contributed by atoms with E-state index in [0.29, 0.717) is 31.2 Å². The smallest absolute Gasteiger partial charge is 0.407 e. The highest BCUT2D eigenvalue weighted by atomic mass is 32.1. The molecule has 1 aliphatic heterocycles. The molecule has 0 spiro atoms. The molecule has 272 valence electrons. The average Bonchev–Trinajstić information content (AvgIpc) is 3.81. The molecule has 3 heterocycles. The number of aromatic nitrogens is 2. The standard InChI is InChI=1S/C38H54N6O4S2/c1-24(2)34(43-37(45)44(5)20-29-22-49-36(41-29)25(3)4)35-31-15-11-10-14-27(31)17-28(40-35)18-33(47-6)32(16-26-12-8-7-9-13-26)42-38(46)48-21-30-19-39-23-50-30/h7-9,12-13,19,22-25,27-28,32-34,40H,10-11,14-18,20-21H2,1-6H3,(H,42,46)(H,43,45)/t27-,28+,32+,33+,34+/m1/s1. The Morgan fingerprint density at radius 2 is 1.90 bits per heavy atom. The number of urea groups is 1. The first kappa shape index (κ1) is 37.8. The van der Waals surface area contributed by atoms with Gasteiger partial charge in [0.2, 0.25) is 0 Å². The minimum Gasteiger partial charge on any atom is -0.444 e. The van der Waals surface area contributed by atoms with Crippen LogP contribution in [0, 0.1) is 11.8 Å². The number of nitrogens with zero attached hydrogens (tertiary/aromatic N) is 3. The molecule has 1 aliphatic carbocycles. The van der Waals surface area contributed by atoms with Gasteiger partial charge in [-0.1, -0.05) is 64.4 Å². The van der Waals surface area contributed by atoms with Gasteiger partial charge in [0.05, 0.1) is 45.8 Å². The maximum atomic E-state index is 13.7. The van der Waals surface area contributed by atoms with Crippen molar-refractivity contribution in [2.45, 2.75) is 116 Å². The van der Waals surface area contributed by atoms with Crippen molar-refractivity contribution in [2.75, 3.05) is 14.2 Å². The van der Waals surface area contributed by atoms with Crippen molar-refractivity contribution in [1.29, 1.82) is 0 Å². The van der Waals surface area contributed by atoms with Gasteiger partial charge in [0.1, 0.15) is 6.61 Å². The zero-order valence-electron chi connectivity index (χ0n) is 30.3. The van der Waals surface area contributed by atoms with Crippen molar-refractivity contribution in [3.05, 3.63) is 79.8 Å². The van der Waals surface area contributed by atoms with Crippen molar-refractivity contribution in [3.63, 3.8) is 0 Å². The number of hydrogen-bond acceptors (Lipinski definition) is 9. The van der Waals surface area contributed by atoms with Crippen LogP contribution in [0.15, 0.2) is 58.7 Å². The molecule has 0 radical (unpaired) electrons. The Morgan fingerprint density at radius 3 is 2.58 bits per heavy atom. The number of nitrogens with one attached hydrogen (secondary N) is 3. The average molecular weight is 723 g/mol. The number of fused-ring (bicyclic) bond motifs is 1. The summed E-state index contributed by atoms with van der Waals surface area (Å²) in [6, 6.07) is 9.69. The number of allylic oxidation sites excluding steroid dienone is 1. The molecule has 2 aromatic heterocycles. The number of ether oxygens (including phenoxy) is 2. The number of rotatable bonds is 15. The van der Waals surface area contributed by atoms with E-state index in [1.165, 1.54) is 23.3 Å². The normalized spacial score (nSPS) is 19.4. The van der Waals surface area contributed by atoms with Gasteiger partial charge in [-0.25, -0.2) is 14.6 Å². The largest absolute Gasteiger partial charge is 0.444 e. The molecule has 3 amide bonds. The predicted molar refractivity (Wildman–Crippen MR) is 200 cm³/mol. The number of thiazole rings is 2. The van der Waals surface area contributed by atoms with Crippen LogP contribution in [0.5, 0.6) is 0 Å². The molecule has 3 aromatic rings. The first-order chi connectivity index (χ1) is 24.1. The second-order valence-electron chi connectivity index (χ2n) is 14.3. The lowest BCUT2D eigenvalue weighted by atomic mass is 9.74. The Morgan fingerprint density at radius 1 is 1.10 bits per heavy atom. The molecule has 0 saturated heterocycles. The molecule has 1 aromatic carbocycles. The van der Waals surface area contributed by atoms with Gasteiger partial charge in [-0.15, -0.1) is 22.7 Å². The van der Waals surface area contributed by atoms with Crippen molar-refractivity contribution in [3.8, 4) is 0 Å². The molecule has 0 unspecified atom stereocenters. The monoisotopic (exact) mass is 722 g/mol. The number of hydrogen-bond donors (Lipinski definition) is 3. The molecule has 0 bridgehead atoms. The van der Waals surface area contributed by atoms with Crippen LogP contribution in [0.3, 0.4) is 0 Å². The van der Waals surface area contributed by atoms with Crippen LogP contribution in [0.1, 0.15) is 93.3 Å². The SMILES string of the molecule is CO[C@@H](C[C@@H]1C[C@H]2CCCCC2=C([C@@H](NC(=O)N(C)Cc2csc(C(C)C)n2)C(C)C)N1)[C@H](Cc1ccccc1)NC(=O)OCc1cncs1. The van der Waals surface area contributed by atoms with Gasteiger partial charge in [0, 0.05) is 43.4 Å². The van der Waals surface area contributed by atoms with E-state index in [2.05, 4.69) is 66.1 Å². The first-order valence-electron chi connectivity index (χ1n) is 17.9. The molecule has 10 nitrogen and oxygen atoms in total. The summed E-state index contributed by atoms with van der Waals surface area (Å²) in [6.45, 7) is 9.26. The second kappa shape index (κ2) is 18.1. The molecular formula is C38H54N6O4S2. The number of carbonyl (C=O) groups is 2. The van der Waals surface area contributed by atoms with Crippen molar-refractivity contribution in [1.82, 2.24) is 30.8 Å². The summed E-state index contributed by atoms with van der Waals surface area (Å²) in [5.41, 5.74) is 6.36. The molecule has 5 atom stereocenters. The van der Waals surface area contributed by atoms with E-state index in [0.717, 1.165) is 52.5 Å². The summed E-state index contributed by atoms with van der Waals surface area (Å²) < 4.78 is 11.8. The van der Waals surface area contributed by atoms with Gasteiger partial charge in [-0.05, 0) is 61.5 Å². The van der Waals surface area contributed by atoms with E-state index in [-0.39, 0.29) is 42.8 Å². The van der Waals surface area contributed by atoms with Crippen LogP contribution in [-0.4, -0.2) is 65.4 Å². The summed E-state index contributed by atoms with van der Waals surface area (Å²) in [4.78, 5) is 38.2. The third-order valence-electron chi connectivity index (χ3n) is 9.78. The number of benzene rings is 1. The van der Waals surface area contributed by atoms with Gasteiger partial charge in [-0.2, -0.15) is 0 Å². The van der Waals surface area contributed by atoms with E-state index >= 15 is 0 Å². The van der Waals surface area contributed by atoms with Crippen molar-refractivity contribution >= 4 is 34.8 Å². The summed E-state index contributed by atoms with van der Waals surface area (Å²) in [5, 5.41) is 13.6. The van der Waals surface area contributed by atoms with E-state index in [4.69, 9.17) is 14.5 Å². The Bertz CT molecular complexity index is 1540. The number of carbonyl (C=O) groups excluding carboxylic acids is 2. The van der Waals surface area contributed by atoms with Crippen LogP contribution in [0.4, 0.5) is 9.59 Å². The molecule has 12 heteroatoms. The molecule has 1 fully saturated rings. The maximum absolute atomic E-state index is 13.7. The van der Waals surface area contributed by atoms with Gasteiger partial charge >= 0.3 is 12.1 Å². The summed E-state index contributed by atoms with van der Waals surface area (Å²) >= 11 is 3.11. The summed E-state index contributed by atoms with van der Waals surface area (Å²) in [6.07, 6.45) is 7.81. The lowest BCUT2D eigenvalue weighted by molar-refractivity contribution is 0.0460. The number of amides is 3. The van der Waals surface area contributed by atoms with E-state index in [1.807, 2.05) is 25.2 Å². The lowest BCUT2D eigenvalue weighted by Crippen LogP contribution is -2.54. The van der Waals surface area contributed by atoms with Crippen LogP contribution >= 0.6 is 22.7 Å². The number of methoxy groups -OCH3 is 1. The maximum Gasteiger partial charge on any atom is 0.407 e. The third-order valence-corrected chi connectivity index (χ3v) is 11.7. The van der Waals surface area contributed by atoms with Crippen LogP contribution < -0.4 is 16.0 Å². The van der Waals surface area contributed by atoms with E-state index in [1.54, 1.807) is 35.1 Å². The van der Waals surface area contributed by atoms with E-state index in [9.17, 15) is 9.59 Å². The highest BCUT2D eigenvalue weighted by Crippen LogP contribution is 2.40. The molecular weight excluding hydrogens is 669 g/mol. The number of alkyl carbamates (subject to hydrolysis) is 1. The van der Waals surface area contributed by atoms with Gasteiger partial charge < -0.3 is 30.3 Å². The van der Waals surface area contributed by atoms with Crippen molar-refractivity contribution < 1.29 is 19.1 Å². The Labute approximate surface area is 305 Å². The third kappa shape index (κ3) is 10.3. The predicted octanol–water partition coefficient (Wildman–Crippen LogP) is 7.64. The van der Waals surface area contributed by atoms with Crippen molar-refractivity contribution in [2.24, 2.45) is 11.8 Å². The Hall–Kier alpha value is -3.48. The highest BCUT2D eigenvalue weighted by molar-refractivity contribution is 7.09.